The molecule has 0 amide bonds. The maximum Gasteiger partial charge on any atom is 0.122 e. The van der Waals surface area contributed by atoms with Crippen LogP contribution in [0.3, 0.4) is 0 Å². The van der Waals surface area contributed by atoms with Crippen molar-refractivity contribution in [2.75, 3.05) is 19.7 Å². The van der Waals surface area contributed by atoms with E-state index >= 15 is 0 Å². The van der Waals surface area contributed by atoms with Gasteiger partial charge in [0, 0.05) is 0 Å². The molecule has 0 fully saturated rings. The van der Waals surface area contributed by atoms with E-state index in [9.17, 15) is 0 Å². The zero-order valence-corrected chi connectivity index (χ0v) is 12.7. The molecule has 0 aliphatic rings. The van der Waals surface area contributed by atoms with Gasteiger partial charge in [-0.05, 0) is 74.9 Å². The van der Waals surface area contributed by atoms with E-state index in [-0.39, 0.29) is 0 Å². The van der Waals surface area contributed by atoms with Gasteiger partial charge in [-0.3, -0.25) is 0 Å². The molecule has 0 bridgehead atoms. The summed E-state index contributed by atoms with van der Waals surface area (Å²) in [6.07, 6.45) is 1.03. The Bertz CT molecular complexity index is 400. The van der Waals surface area contributed by atoms with Gasteiger partial charge >= 0.3 is 0 Å². The van der Waals surface area contributed by atoms with E-state index in [1.807, 2.05) is 6.92 Å². The summed E-state index contributed by atoms with van der Waals surface area (Å²) in [5.41, 5.74) is 15.5. The summed E-state index contributed by atoms with van der Waals surface area (Å²) in [4.78, 5) is 0. The number of hydrogen-bond donors (Lipinski definition) is 2. The van der Waals surface area contributed by atoms with Gasteiger partial charge in [0.05, 0.1) is 6.61 Å². The van der Waals surface area contributed by atoms with E-state index in [0.29, 0.717) is 31.5 Å². The number of nitrogens with two attached hydrogens (primary N) is 2. The van der Waals surface area contributed by atoms with Gasteiger partial charge in [-0.1, -0.05) is 13.0 Å². The molecule has 4 N–H and O–H groups in total. The first-order valence-corrected chi connectivity index (χ1v) is 7.17. The molecule has 0 heterocycles. The highest BCUT2D eigenvalue weighted by Crippen LogP contribution is 2.27. The fraction of sp³-hybridized carbons (Fsp3) is 0.625. The smallest absolute Gasteiger partial charge is 0.122 e. The fourth-order valence-electron chi connectivity index (χ4n) is 2.46. The highest BCUT2D eigenvalue weighted by Gasteiger charge is 2.16. The van der Waals surface area contributed by atoms with Crippen molar-refractivity contribution in [2.45, 2.75) is 34.1 Å². The van der Waals surface area contributed by atoms with Crippen LogP contribution in [0.5, 0.6) is 5.75 Å². The summed E-state index contributed by atoms with van der Waals surface area (Å²) >= 11 is 0. The number of rotatable bonds is 7. The minimum Gasteiger partial charge on any atom is -0.494 e. The normalized spacial score (nSPS) is 12.8. The number of benzene rings is 1. The Morgan fingerprint density at radius 3 is 2.26 bits per heavy atom. The van der Waals surface area contributed by atoms with E-state index in [1.54, 1.807) is 0 Å². The molecular formula is C16H28N2O. The molecule has 0 saturated heterocycles. The minimum absolute atomic E-state index is 0.395. The Labute approximate surface area is 117 Å². The lowest BCUT2D eigenvalue weighted by atomic mass is 9.86. The van der Waals surface area contributed by atoms with Gasteiger partial charge in [0.2, 0.25) is 0 Å². The third kappa shape index (κ3) is 3.95. The summed E-state index contributed by atoms with van der Waals surface area (Å²) in [5, 5.41) is 0. The molecule has 0 radical (unpaired) electrons. The summed E-state index contributed by atoms with van der Waals surface area (Å²) < 4.78 is 5.63. The van der Waals surface area contributed by atoms with Crippen LogP contribution in [0.4, 0.5) is 0 Å². The lowest BCUT2D eigenvalue weighted by molar-refractivity contribution is 0.337. The first-order valence-electron chi connectivity index (χ1n) is 7.17. The third-order valence-corrected chi connectivity index (χ3v) is 4.10. The molecule has 3 nitrogen and oxygen atoms in total. The second-order valence-electron chi connectivity index (χ2n) is 5.32. The first-order chi connectivity index (χ1) is 9.04. The van der Waals surface area contributed by atoms with Gasteiger partial charge in [-0.25, -0.2) is 0 Å². The molecule has 1 atom stereocenters. The van der Waals surface area contributed by atoms with E-state index in [2.05, 4.69) is 32.9 Å². The van der Waals surface area contributed by atoms with Crippen molar-refractivity contribution in [3.63, 3.8) is 0 Å². The van der Waals surface area contributed by atoms with Crippen LogP contribution in [0.2, 0.25) is 0 Å². The monoisotopic (exact) mass is 264 g/mol. The van der Waals surface area contributed by atoms with Gasteiger partial charge in [0.15, 0.2) is 0 Å². The van der Waals surface area contributed by atoms with Crippen molar-refractivity contribution < 1.29 is 4.74 Å². The summed E-state index contributed by atoms with van der Waals surface area (Å²) in [7, 11) is 0. The quantitative estimate of drug-likeness (QED) is 0.795. The molecule has 1 aromatic rings. The topological polar surface area (TPSA) is 61.3 Å². The molecule has 0 aliphatic carbocycles. The zero-order valence-electron chi connectivity index (χ0n) is 12.7. The van der Waals surface area contributed by atoms with Crippen LogP contribution in [0.1, 0.15) is 30.5 Å². The molecule has 1 aromatic carbocycles. The Balaban J connectivity index is 2.88. The molecule has 0 spiro atoms. The molecule has 108 valence electrons. The predicted molar refractivity (Wildman–Crippen MR) is 81.6 cm³/mol. The molecule has 1 rings (SSSR count). The van der Waals surface area contributed by atoms with Crippen LogP contribution >= 0.6 is 0 Å². The van der Waals surface area contributed by atoms with Crippen molar-refractivity contribution in [3.05, 3.63) is 28.8 Å². The van der Waals surface area contributed by atoms with Crippen molar-refractivity contribution in [1.29, 1.82) is 0 Å². The number of hydrogen-bond acceptors (Lipinski definition) is 3. The predicted octanol–water partition coefficient (Wildman–Crippen LogP) is 2.41. The van der Waals surface area contributed by atoms with Crippen LogP contribution < -0.4 is 16.2 Å². The van der Waals surface area contributed by atoms with Crippen molar-refractivity contribution in [3.8, 4) is 5.75 Å². The van der Waals surface area contributed by atoms with Crippen molar-refractivity contribution >= 4 is 0 Å². The van der Waals surface area contributed by atoms with E-state index in [1.165, 1.54) is 16.7 Å². The first kappa shape index (κ1) is 16.0. The largest absolute Gasteiger partial charge is 0.494 e. The van der Waals surface area contributed by atoms with Crippen LogP contribution in [0, 0.1) is 25.7 Å². The van der Waals surface area contributed by atoms with E-state index in [0.717, 1.165) is 12.2 Å². The Hall–Kier alpha value is -1.06. The lowest BCUT2D eigenvalue weighted by Crippen LogP contribution is -2.30. The Morgan fingerprint density at radius 1 is 1.11 bits per heavy atom. The molecule has 0 aromatic heterocycles. The highest BCUT2D eigenvalue weighted by atomic mass is 16.5. The summed E-state index contributed by atoms with van der Waals surface area (Å²) in [6.45, 7) is 10.6. The van der Waals surface area contributed by atoms with Gasteiger partial charge in [-0.2, -0.15) is 0 Å². The number of ether oxygens (including phenoxy) is 1. The van der Waals surface area contributed by atoms with Crippen molar-refractivity contribution in [2.24, 2.45) is 23.3 Å². The van der Waals surface area contributed by atoms with Crippen molar-refractivity contribution in [1.82, 2.24) is 0 Å². The van der Waals surface area contributed by atoms with Crippen LogP contribution in [-0.2, 0) is 6.42 Å². The molecule has 19 heavy (non-hydrogen) atoms. The van der Waals surface area contributed by atoms with E-state index in [4.69, 9.17) is 16.2 Å². The average molecular weight is 264 g/mol. The maximum atomic E-state index is 5.77. The molecule has 0 saturated carbocycles. The Morgan fingerprint density at radius 2 is 1.74 bits per heavy atom. The molecule has 1 unspecified atom stereocenters. The molecule has 0 aliphatic heterocycles. The van der Waals surface area contributed by atoms with Crippen LogP contribution in [0.15, 0.2) is 12.1 Å². The van der Waals surface area contributed by atoms with Gasteiger partial charge in [-0.15, -0.1) is 0 Å². The average Bonchev–Trinajstić information content (AvgIpc) is 2.40. The third-order valence-electron chi connectivity index (χ3n) is 4.10. The lowest BCUT2D eigenvalue weighted by Gasteiger charge is -2.22. The van der Waals surface area contributed by atoms with Gasteiger partial charge in [0.25, 0.3) is 0 Å². The van der Waals surface area contributed by atoms with Crippen LogP contribution in [-0.4, -0.2) is 19.7 Å². The van der Waals surface area contributed by atoms with Gasteiger partial charge in [0.1, 0.15) is 5.75 Å². The highest BCUT2D eigenvalue weighted by molar-refractivity contribution is 5.43. The van der Waals surface area contributed by atoms with E-state index < -0.39 is 0 Å². The fourth-order valence-corrected chi connectivity index (χ4v) is 2.46. The van der Waals surface area contributed by atoms with Gasteiger partial charge < -0.3 is 16.2 Å². The van der Waals surface area contributed by atoms with Crippen LogP contribution in [0.25, 0.3) is 0 Å². The standard InChI is InChI=1S/C16H28N2O/c1-5-19-16-7-6-14(12(3)13(16)4)8-11(2)15(9-17)10-18/h6-7,11,15H,5,8-10,17-18H2,1-4H3. The Kier molecular flexibility index (Phi) is 6.32. The summed E-state index contributed by atoms with van der Waals surface area (Å²) in [5.74, 6) is 1.89. The second-order valence-corrected chi connectivity index (χ2v) is 5.32. The second kappa shape index (κ2) is 7.51. The zero-order chi connectivity index (χ0) is 14.4. The molecular weight excluding hydrogens is 236 g/mol. The minimum atomic E-state index is 0.395. The summed E-state index contributed by atoms with van der Waals surface area (Å²) in [6, 6.07) is 4.25. The molecule has 3 heteroatoms. The SMILES string of the molecule is CCOc1ccc(CC(C)C(CN)CN)c(C)c1C. The maximum absolute atomic E-state index is 5.77.